The van der Waals surface area contributed by atoms with E-state index in [1.54, 1.807) is 32.3 Å². The Kier molecular flexibility index (Phi) is 5.21. The van der Waals surface area contributed by atoms with Gasteiger partial charge in [0, 0.05) is 25.8 Å². The second kappa shape index (κ2) is 6.45. The number of ether oxygens (including phenoxy) is 1. The first-order chi connectivity index (χ1) is 8.81. The Morgan fingerprint density at radius 2 is 1.95 bits per heavy atom. The van der Waals surface area contributed by atoms with Gasteiger partial charge in [-0.1, -0.05) is 13.8 Å². The Morgan fingerprint density at radius 1 is 1.32 bits per heavy atom. The summed E-state index contributed by atoms with van der Waals surface area (Å²) in [4.78, 5) is 13.6. The first-order valence-electron chi connectivity index (χ1n) is 6.59. The number of amides is 1. The third-order valence-corrected chi connectivity index (χ3v) is 2.77. The maximum Gasteiger partial charge on any atom is 0.257 e. The Balaban J connectivity index is 2.97. The van der Waals surface area contributed by atoms with Gasteiger partial charge >= 0.3 is 0 Å². The number of nitrogen functional groups attached to an aromatic ring is 1. The summed E-state index contributed by atoms with van der Waals surface area (Å²) < 4.78 is 5.88. The van der Waals surface area contributed by atoms with Crippen LogP contribution in [0, 0.1) is 5.92 Å². The molecule has 0 fully saturated rings. The molecular formula is C15H24N2O2. The highest BCUT2D eigenvalue weighted by Crippen LogP contribution is 2.25. The number of carbonyl (C=O) groups excluding carboxylic acids is 1. The number of nitrogens with zero attached hydrogens (tertiary/aromatic N) is 1. The maximum atomic E-state index is 12.1. The summed E-state index contributed by atoms with van der Waals surface area (Å²) in [6.45, 7) is 6.29. The van der Waals surface area contributed by atoms with Crippen LogP contribution in [0.15, 0.2) is 18.2 Å². The predicted octanol–water partition coefficient (Wildman–Crippen LogP) is 2.78. The van der Waals surface area contributed by atoms with Crippen LogP contribution in [0.3, 0.4) is 0 Å². The van der Waals surface area contributed by atoms with Gasteiger partial charge in [0.25, 0.3) is 5.91 Å². The van der Waals surface area contributed by atoms with Crippen LogP contribution in [0.1, 0.15) is 37.6 Å². The quantitative estimate of drug-likeness (QED) is 0.832. The molecule has 106 valence electrons. The van der Waals surface area contributed by atoms with E-state index in [2.05, 4.69) is 13.8 Å². The summed E-state index contributed by atoms with van der Waals surface area (Å²) in [5.41, 5.74) is 6.93. The largest absolute Gasteiger partial charge is 0.490 e. The summed E-state index contributed by atoms with van der Waals surface area (Å²) >= 11 is 0. The molecular weight excluding hydrogens is 240 g/mol. The molecule has 1 aromatic rings. The highest BCUT2D eigenvalue weighted by molar-refractivity contribution is 5.97. The number of hydrogen-bond donors (Lipinski definition) is 1. The van der Waals surface area contributed by atoms with Gasteiger partial charge < -0.3 is 15.4 Å². The Bertz CT molecular complexity index is 442. The normalized spacial score (nSPS) is 12.3. The summed E-state index contributed by atoms with van der Waals surface area (Å²) in [5.74, 6) is 1.03. The van der Waals surface area contributed by atoms with E-state index in [-0.39, 0.29) is 12.0 Å². The van der Waals surface area contributed by atoms with E-state index in [1.165, 1.54) is 4.90 Å². The molecule has 0 saturated carbocycles. The molecule has 19 heavy (non-hydrogen) atoms. The fraction of sp³-hybridized carbons (Fsp3) is 0.533. The molecule has 0 aliphatic rings. The molecule has 1 amide bonds. The molecule has 0 spiro atoms. The van der Waals surface area contributed by atoms with Gasteiger partial charge in [-0.15, -0.1) is 0 Å². The fourth-order valence-electron chi connectivity index (χ4n) is 1.98. The van der Waals surface area contributed by atoms with Crippen LogP contribution >= 0.6 is 0 Å². The van der Waals surface area contributed by atoms with E-state index in [4.69, 9.17) is 10.5 Å². The summed E-state index contributed by atoms with van der Waals surface area (Å²) in [5, 5.41) is 0. The van der Waals surface area contributed by atoms with Gasteiger partial charge in [-0.2, -0.15) is 0 Å². The molecule has 2 N–H and O–H groups in total. The third kappa shape index (κ3) is 4.47. The zero-order valence-electron chi connectivity index (χ0n) is 12.4. The van der Waals surface area contributed by atoms with Gasteiger partial charge in [-0.05, 0) is 31.4 Å². The van der Waals surface area contributed by atoms with E-state index >= 15 is 0 Å². The number of benzene rings is 1. The lowest BCUT2D eigenvalue weighted by atomic mass is 10.1. The maximum absolute atomic E-state index is 12.1. The van der Waals surface area contributed by atoms with Crippen molar-refractivity contribution in [3.63, 3.8) is 0 Å². The highest BCUT2D eigenvalue weighted by Gasteiger charge is 2.17. The SMILES string of the molecule is CC(C)CC(C)Oc1cc(N)ccc1C(=O)N(C)C. The second-order valence-electron chi connectivity index (χ2n) is 5.51. The van der Waals surface area contributed by atoms with Crippen molar-refractivity contribution in [2.24, 2.45) is 5.92 Å². The minimum Gasteiger partial charge on any atom is -0.490 e. The summed E-state index contributed by atoms with van der Waals surface area (Å²) in [6.07, 6.45) is 0.986. The van der Waals surface area contributed by atoms with Crippen molar-refractivity contribution in [1.29, 1.82) is 0 Å². The first kappa shape index (κ1) is 15.3. The number of rotatable bonds is 5. The zero-order valence-corrected chi connectivity index (χ0v) is 12.4. The molecule has 1 unspecified atom stereocenters. The average Bonchev–Trinajstić information content (AvgIpc) is 2.26. The van der Waals surface area contributed by atoms with Crippen molar-refractivity contribution in [3.8, 4) is 5.75 Å². The average molecular weight is 264 g/mol. The number of carbonyl (C=O) groups is 1. The third-order valence-electron chi connectivity index (χ3n) is 2.77. The smallest absolute Gasteiger partial charge is 0.257 e. The van der Waals surface area contributed by atoms with Gasteiger partial charge in [0.2, 0.25) is 0 Å². The van der Waals surface area contributed by atoms with Crippen molar-refractivity contribution in [1.82, 2.24) is 4.90 Å². The molecule has 0 bridgehead atoms. The second-order valence-corrected chi connectivity index (χ2v) is 5.51. The van der Waals surface area contributed by atoms with E-state index in [1.807, 2.05) is 6.92 Å². The van der Waals surface area contributed by atoms with Crippen LogP contribution in [0.5, 0.6) is 5.75 Å². The molecule has 0 aromatic heterocycles. The van der Waals surface area contributed by atoms with Gasteiger partial charge in [0.1, 0.15) is 5.75 Å². The first-order valence-corrected chi connectivity index (χ1v) is 6.59. The van der Waals surface area contributed by atoms with Crippen LogP contribution in [-0.4, -0.2) is 31.0 Å². The predicted molar refractivity (Wildman–Crippen MR) is 78.4 cm³/mol. The van der Waals surface area contributed by atoms with Crippen molar-refractivity contribution < 1.29 is 9.53 Å². The lowest BCUT2D eigenvalue weighted by Crippen LogP contribution is -2.24. The number of nitrogens with two attached hydrogens (primary N) is 1. The molecule has 1 aromatic carbocycles. The topological polar surface area (TPSA) is 55.6 Å². The zero-order chi connectivity index (χ0) is 14.6. The van der Waals surface area contributed by atoms with Crippen LogP contribution < -0.4 is 10.5 Å². The molecule has 4 heteroatoms. The molecule has 0 saturated heterocycles. The Morgan fingerprint density at radius 3 is 2.47 bits per heavy atom. The standard InChI is InChI=1S/C15H24N2O2/c1-10(2)8-11(3)19-14-9-12(16)6-7-13(14)15(18)17(4)5/h6-7,9-11H,8,16H2,1-5H3. The summed E-state index contributed by atoms with van der Waals surface area (Å²) in [6, 6.07) is 5.15. The lowest BCUT2D eigenvalue weighted by molar-refractivity contribution is 0.0819. The molecule has 0 aliphatic heterocycles. The highest BCUT2D eigenvalue weighted by atomic mass is 16.5. The van der Waals surface area contributed by atoms with Gasteiger partial charge in [-0.3, -0.25) is 4.79 Å². The fourth-order valence-corrected chi connectivity index (χ4v) is 1.98. The molecule has 1 rings (SSSR count). The molecule has 1 atom stereocenters. The van der Waals surface area contributed by atoms with Crippen molar-refractivity contribution in [3.05, 3.63) is 23.8 Å². The van der Waals surface area contributed by atoms with E-state index in [0.717, 1.165) is 6.42 Å². The monoisotopic (exact) mass is 264 g/mol. The van der Waals surface area contributed by atoms with Gasteiger partial charge in [0.15, 0.2) is 0 Å². The van der Waals surface area contributed by atoms with Gasteiger partial charge in [-0.25, -0.2) is 0 Å². The van der Waals surface area contributed by atoms with Crippen LogP contribution in [0.2, 0.25) is 0 Å². The molecule has 0 radical (unpaired) electrons. The van der Waals surface area contributed by atoms with Crippen LogP contribution in [0.25, 0.3) is 0 Å². The van der Waals surface area contributed by atoms with E-state index in [9.17, 15) is 4.79 Å². The number of hydrogen-bond acceptors (Lipinski definition) is 3. The number of anilines is 1. The minimum atomic E-state index is -0.0771. The van der Waals surface area contributed by atoms with E-state index in [0.29, 0.717) is 22.9 Å². The Labute approximate surface area is 115 Å². The van der Waals surface area contributed by atoms with Crippen molar-refractivity contribution in [2.75, 3.05) is 19.8 Å². The Hall–Kier alpha value is -1.71. The van der Waals surface area contributed by atoms with Crippen molar-refractivity contribution >= 4 is 11.6 Å². The summed E-state index contributed by atoms with van der Waals surface area (Å²) in [7, 11) is 3.44. The van der Waals surface area contributed by atoms with Crippen LogP contribution in [0.4, 0.5) is 5.69 Å². The molecule has 4 nitrogen and oxygen atoms in total. The van der Waals surface area contributed by atoms with Gasteiger partial charge in [0.05, 0.1) is 11.7 Å². The molecule has 0 heterocycles. The van der Waals surface area contributed by atoms with E-state index < -0.39 is 0 Å². The molecule has 0 aliphatic carbocycles. The van der Waals surface area contributed by atoms with Crippen LogP contribution in [-0.2, 0) is 0 Å². The lowest BCUT2D eigenvalue weighted by Gasteiger charge is -2.20. The van der Waals surface area contributed by atoms with Crippen molar-refractivity contribution in [2.45, 2.75) is 33.3 Å². The minimum absolute atomic E-state index is 0.0514.